The molecule has 166 valence electrons. The molecule has 3 rings (SSSR count). The minimum atomic E-state index is -3.78. The van der Waals surface area contributed by atoms with E-state index in [0.29, 0.717) is 30.1 Å². The summed E-state index contributed by atoms with van der Waals surface area (Å²) in [7, 11) is -3.78. The summed E-state index contributed by atoms with van der Waals surface area (Å²) in [6.07, 6.45) is 2.58. The lowest BCUT2D eigenvalue weighted by Gasteiger charge is -2.34. The Morgan fingerprint density at radius 3 is 2.48 bits per heavy atom. The monoisotopic (exact) mass is 467 g/mol. The van der Waals surface area contributed by atoms with Crippen LogP contribution in [0.1, 0.15) is 25.7 Å². The highest BCUT2D eigenvalue weighted by atomic mass is 35.5. The van der Waals surface area contributed by atoms with Gasteiger partial charge in [-0.1, -0.05) is 30.2 Å². The average Bonchev–Trinajstić information content (AvgIpc) is 2.76. The van der Waals surface area contributed by atoms with Gasteiger partial charge in [0.2, 0.25) is 10.0 Å². The van der Waals surface area contributed by atoms with Gasteiger partial charge in [0.05, 0.1) is 15.6 Å². The number of hydrogen-bond donors (Lipinski definition) is 2. The van der Waals surface area contributed by atoms with Crippen molar-refractivity contribution < 1.29 is 22.4 Å². The van der Waals surface area contributed by atoms with Gasteiger partial charge in [0.1, 0.15) is 5.82 Å². The SMILES string of the molecule is O=C(NCCC1CCCCN1S(=O)(=O)c1ccc(F)cc1)C(=O)Nc1ccccc1Cl. The van der Waals surface area contributed by atoms with Crippen molar-refractivity contribution in [2.45, 2.75) is 36.6 Å². The molecule has 0 aliphatic carbocycles. The highest BCUT2D eigenvalue weighted by Crippen LogP contribution is 2.27. The molecule has 0 bridgehead atoms. The van der Waals surface area contributed by atoms with E-state index in [1.807, 2.05) is 0 Å². The molecule has 1 aliphatic rings. The fourth-order valence-corrected chi connectivity index (χ4v) is 5.40. The minimum Gasteiger partial charge on any atom is -0.348 e. The van der Waals surface area contributed by atoms with E-state index in [4.69, 9.17) is 11.6 Å². The van der Waals surface area contributed by atoms with Gasteiger partial charge in [-0.25, -0.2) is 12.8 Å². The molecule has 31 heavy (non-hydrogen) atoms. The van der Waals surface area contributed by atoms with Crippen LogP contribution in [0.3, 0.4) is 0 Å². The molecule has 2 amide bonds. The molecular weight excluding hydrogens is 445 g/mol. The van der Waals surface area contributed by atoms with Crippen molar-refractivity contribution in [3.63, 3.8) is 0 Å². The van der Waals surface area contributed by atoms with Crippen LogP contribution in [0.5, 0.6) is 0 Å². The second kappa shape index (κ2) is 10.2. The van der Waals surface area contributed by atoms with E-state index in [9.17, 15) is 22.4 Å². The predicted molar refractivity (Wildman–Crippen MR) is 116 cm³/mol. The predicted octanol–water partition coefficient (Wildman–Crippen LogP) is 3.17. The Kier molecular flexibility index (Phi) is 7.64. The van der Waals surface area contributed by atoms with Crippen LogP contribution in [0.2, 0.25) is 5.02 Å². The molecular formula is C21H23ClFN3O4S. The molecule has 1 saturated heterocycles. The summed E-state index contributed by atoms with van der Waals surface area (Å²) < 4.78 is 40.6. The van der Waals surface area contributed by atoms with Crippen molar-refractivity contribution in [3.8, 4) is 0 Å². The standard InChI is InChI=1S/C21H23ClFN3O4S/c22-18-6-1-2-7-19(18)25-21(28)20(27)24-13-12-16-5-3-4-14-26(16)31(29,30)17-10-8-15(23)9-11-17/h1-2,6-11,16H,3-5,12-14H2,(H,24,27)(H,25,28). The number of carbonyl (C=O) groups is 2. The van der Waals surface area contributed by atoms with Gasteiger partial charge in [-0.05, 0) is 55.7 Å². The number of sulfonamides is 1. The first-order chi connectivity index (χ1) is 14.8. The van der Waals surface area contributed by atoms with Crippen molar-refractivity contribution in [3.05, 3.63) is 59.4 Å². The zero-order chi connectivity index (χ0) is 22.4. The summed E-state index contributed by atoms with van der Waals surface area (Å²) in [5.41, 5.74) is 0.327. The van der Waals surface area contributed by atoms with Crippen LogP contribution in [0.4, 0.5) is 10.1 Å². The van der Waals surface area contributed by atoms with Gasteiger partial charge in [-0.2, -0.15) is 4.31 Å². The van der Waals surface area contributed by atoms with E-state index in [2.05, 4.69) is 10.6 Å². The normalized spacial score (nSPS) is 17.2. The smallest absolute Gasteiger partial charge is 0.313 e. The van der Waals surface area contributed by atoms with E-state index in [1.54, 1.807) is 24.3 Å². The molecule has 2 aromatic carbocycles. The Hall–Kier alpha value is -2.49. The van der Waals surface area contributed by atoms with Crippen molar-refractivity contribution in [2.75, 3.05) is 18.4 Å². The van der Waals surface area contributed by atoms with Gasteiger partial charge < -0.3 is 10.6 Å². The third-order valence-corrected chi connectivity index (χ3v) is 7.38. The van der Waals surface area contributed by atoms with Crippen LogP contribution in [0.25, 0.3) is 0 Å². The van der Waals surface area contributed by atoms with Crippen LogP contribution >= 0.6 is 11.6 Å². The van der Waals surface area contributed by atoms with E-state index < -0.39 is 27.7 Å². The molecule has 1 heterocycles. The summed E-state index contributed by atoms with van der Waals surface area (Å²) in [4.78, 5) is 24.2. The summed E-state index contributed by atoms with van der Waals surface area (Å²) in [5.74, 6) is -2.19. The average molecular weight is 468 g/mol. The lowest BCUT2D eigenvalue weighted by Crippen LogP contribution is -2.45. The second-order valence-corrected chi connectivity index (χ2v) is 9.50. The summed E-state index contributed by atoms with van der Waals surface area (Å²) in [6, 6.07) is 11.0. The zero-order valence-corrected chi connectivity index (χ0v) is 18.3. The van der Waals surface area contributed by atoms with E-state index in [0.717, 1.165) is 25.0 Å². The topological polar surface area (TPSA) is 95.6 Å². The van der Waals surface area contributed by atoms with Gasteiger partial charge in [0.15, 0.2) is 0 Å². The van der Waals surface area contributed by atoms with Crippen LogP contribution < -0.4 is 10.6 Å². The molecule has 7 nitrogen and oxygen atoms in total. The number of carbonyl (C=O) groups excluding carboxylic acids is 2. The van der Waals surface area contributed by atoms with E-state index >= 15 is 0 Å². The van der Waals surface area contributed by atoms with Crippen LogP contribution in [-0.4, -0.2) is 43.7 Å². The number of para-hydroxylation sites is 1. The number of amides is 2. The molecule has 1 aliphatic heterocycles. The van der Waals surface area contributed by atoms with Crippen LogP contribution in [0.15, 0.2) is 53.4 Å². The summed E-state index contributed by atoms with van der Waals surface area (Å²) in [5, 5.41) is 5.27. The van der Waals surface area contributed by atoms with Crippen molar-refractivity contribution in [1.29, 1.82) is 0 Å². The van der Waals surface area contributed by atoms with Crippen molar-refractivity contribution in [2.24, 2.45) is 0 Å². The lowest BCUT2D eigenvalue weighted by molar-refractivity contribution is -0.136. The molecule has 0 aromatic heterocycles. The summed E-state index contributed by atoms with van der Waals surface area (Å²) >= 11 is 5.97. The van der Waals surface area contributed by atoms with E-state index in [1.165, 1.54) is 16.4 Å². The Morgan fingerprint density at radius 2 is 1.77 bits per heavy atom. The number of halogens is 2. The summed E-state index contributed by atoms with van der Waals surface area (Å²) in [6.45, 7) is 0.486. The number of piperidine rings is 1. The Morgan fingerprint density at radius 1 is 1.06 bits per heavy atom. The molecule has 1 atom stereocenters. The first kappa shape index (κ1) is 23.2. The zero-order valence-electron chi connectivity index (χ0n) is 16.7. The van der Waals surface area contributed by atoms with Crippen molar-refractivity contribution >= 4 is 39.1 Å². The number of rotatable bonds is 6. The quantitative estimate of drug-likeness (QED) is 0.638. The first-order valence-corrected chi connectivity index (χ1v) is 11.7. The fourth-order valence-electron chi connectivity index (χ4n) is 3.50. The van der Waals surface area contributed by atoms with Gasteiger partial charge in [0, 0.05) is 19.1 Å². The van der Waals surface area contributed by atoms with Crippen molar-refractivity contribution in [1.82, 2.24) is 9.62 Å². The first-order valence-electron chi connectivity index (χ1n) is 9.90. The molecule has 2 aromatic rings. The maximum atomic E-state index is 13.2. The molecule has 2 N–H and O–H groups in total. The third-order valence-electron chi connectivity index (χ3n) is 5.08. The Labute approximate surface area is 185 Å². The number of nitrogens with one attached hydrogen (secondary N) is 2. The number of anilines is 1. The second-order valence-electron chi connectivity index (χ2n) is 7.20. The number of benzene rings is 2. The van der Waals surface area contributed by atoms with Crippen LogP contribution in [-0.2, 0) is 19.6 Å². The van der Waals surface area contributed by atoms with Gasteiger partial charge in [-0.15, -0.1) is 0 Å². The number of hydrogen-bond acceptors (Lipinski definition) is 4. The maximum Gasteiger partial charge on any atom is 0.313 e. The molecule has 10 heteroatoms. The Balaban J connectivity index is 1.58. The van der Waals surface area contributed by atoms with E-state index in [-0.39, 0.29) is 17.5 Å². The molecule has 0 radical (unpaired) electrons. The molecule has 0 spiro atoms. The number of nitrogens with zero attached hydrogens (tertiary/aromatic N) is 1. The van der Waals surface area contributed by atoms with Gasteiger partial charge in [-0.3, -0.25) is 9.59 Å². The Bertz CT molecular complexity index is 1050. The largest absolute Gasteiger partial charge is 0.348 e. The van der Waals surface area contributed by atoms with Crippen LogP contribution in [0, 0.1) is 5.82 Å². The van der Waals surface area contributed by atoms with Gasteiger partial charge in [0.25, 0.3) is 0 Å². The lowest BCUT2D eigenvalue weighted by atomic mass is 10.0. The highest BCUT2D eigenvalue weighted by Gasteiger charge is 2.33. The minimum absolute atomic E-state index is 0.0314. The molecule has 1 unspecified atom stereocenters. The molecule has 0 saturated carbocycles. The highest BCUT2D eigenvalue weighted by molar-refractivity contribution is 7.89. The fraction of sp³-hybridized carbons (Fsp3) is 0.333. The van der Waals surface area contributed by atoms with Gasteiger partial charge >= 0.3 is 11.8 Å². The third kappa shape index (κ3) is 5.81. The molecule has 1 fully saturated rings. The maximum absolute atomic E-state index is 13.2.